The number of carbonyl (C=O) groups excluding carboxylic acids is 4. The number of ether oxygens (including phenoxy) is 4. The minimum Gasteiger partial charge on any atom is -0.462 e. The first kappa shape index (κ1) is 97.9. The molecule has 5 unspecified atom stereocenters. The molecule has 0 aromatic rings. The Bertz CT molecular complexity index is 2740. The third kappa shape index (κ3) is 74.2. The summed E-state index contributed by atoms with van der Waals surface area (Å²) in [6.07, 6.45) is 91.6. The SMILES string of the molecule is CC/C=C\C/C=C\C/C=C\C/C=C\C/C=C\C/C=C\CCC(=O)OCC(COP(=O)(O)OCC(O)COP(=O)(O)OCC(COC(=O)CCCCCCC/C=C\C/C=C\C/C=C\CC)OC(=O)CCCCCCC/C=C\C/C=C\CCC)OC(=O)CCC/C=C\C/C=C\C/C=C\C/C=C\C/C=C\CC. The van der Waals surface area contributed by atoms with Crippen LogP contribution < -0.4 is 0 Å². The first-order valence-corrected chi connectivity index (χ1v) is 41.7. The van der Waals surface area contributed by atoms with Gasteiger partial charge in [-0.2, -0.15) is 0 Å². The number of esters is 4. The molecule has 19 heteroatoms. The quantitative estimate of drug-likeness (QED) is 0.0169. The molecule has 586 valence electrons. The highest BCUT2D eigenvalue weighted by molar-refractivity contribution is 7.47. The molecule has 0 spiro atoms. The van der Waals surface area contributed by atoms with E-state index in [1.54, 1.807) is 0 Å². The number of unbranched alkanes of at least 4 members (excludes halogenated alkanes) is 12. The summed E-state index contributed by atoms with van der Waals surface area (Å²) in [5.41, 5.74) is 0. The van der Waals surface area contributed by atoms with Gasteiger partial charge in [0.15, 0.2) is 12.2 Å². The standard InChI is InChI=1S/C85H134O17P2/c1-5-9-13-17-21-25-29-33-36-38-39-41-43-47-50-54-58-62-66-70-83(88)96-76-81(102-85(90)72-68-64-60-56-52-48-44-40-37-34-30-26-22-18-14-10-6-2)78-100-104(93,94)98-74-79(86)73-97-103(91,92)99-77-80(101-84(89)71-67-63-59-55-51-45-32-28-24-20-16-12-8-4)75-95-82(87)69-65-61-57-53-49-46-42-35-31-27-23-19-15-11-7-3/h9-11,13-16,20-23,25-28,32-37,39,41-42,44,47-48,50,56,58,60,62,79-81,86H,5-8,12,17-19,24,29-31,38,40,43,45-46,49,51-55,57,59,61,63-78H2,1-4H3,(H,91,92)(H,93,94)/b13-9-,14-10-,15-11-,20-16-,25-21-,26-22-,27-23-,32-28-,36-33-,37-34-,41-39-,42-35-,48-44-,50-47-,60-56-,62-58-. The Morgan fingerprint density at radius 2 is 0.529 bits per heavy atom. The van der Waals surface area contributed by atoms with Crippen molar-refractivity contribution in [3.8, 4) is 0 Å². The van der Waals surface area contributed by atoms with Gasteiger partial charge in [-0.1, -0.05) is 267 Å². The number of aliphatic hydroxyl groups excluding tert-OH is 1. The molecule has 0 aliphatic heterocycles. The lowest BCUT2D eigenvalue weighted by Crippen LogP contribution is -2.30. The van der Waals surface area contributed by atoms with E-state index in [9.17, 15) is 43.2 Å². The molecule has 0 fully saturated rings. The van der Waals surface area contributed by atoms with Gasteiger partial charge in [-0.25, -0.2) is 9.13 Å². The van der Waals surface area contributed by atoms with Crippen molar-refractivity contribution in [2.24, 2.45) is 0 Å². The lowest BCUT2D eigenvalue weighted by Gasteiger charge is -2.21. The third-order valence-corrected chi connectivity index (χ3v) is 16.9. The van der Waals surface area contributed by atoms with Gasteiger partial charge in [0.1, 0.15) is 19.3 Å². The average molecular weight is 1490 g/mol. The van der Waals surface area contributed by atoms with Crippen LogP contribution >= 0.6 is 15.6 Å². The van der Waals surface area contributed by atoms with E-state index in [-0.39, 0.29) is 25.7 Å². The summed E-state index contributed by atoms with van der Waals surface area (Å²) in [6.45, 7) is 4.24. The summed E-state index contributed by atoms with van der Waals surface area (Å²) in [5, 5.41) is 10.6. The zero-order valence-electron chi connectivity index (χ0n) is 63.9. The first-order valence-electron chi connectivity index (χ1n) is 38.7. The Balaban J connectivity index is 5.52. The molecule has 0 bridgehead atoms. The van der Waals surface area contributed by atoms with Crippen LogP contribution in [0.5, 0.6) is 0 Å². The molecule has 3 N–H and O–H groups in total. The zero-order valence-corrected chi connectivity index (χ0v) is 65.6. The van der Waals surface area contributed by atoms with Crippen LogP contribution in [-0.4, -0.2) is 96.7 Å². The molecule has 5 atom stereocenters. The maximum atomic E-state index is 13.1. The summed E-state index contributed by atoms with van der Waals surface area (Å²) < 4.78 is 68.3. The second-order valence-electron chi connectivity index (χ2n) is 24.8. The van der Waals surface area contributed by atoms with Gasteiger partial charge in [-0.05, 0) is 161 Å². The molecular formula is C85H134O17P2. The van der Waals surface area contributed by atoms with Crippen LogP contribution in [0, 0.1) is 0 Å². The maximum absolute atomic E-state index is 13.1. The Morgan fingerprint density at radius 1 is 0.279 bits per heavy atom. The highest BCUT2D eigenvalue weighted by atomic mass is 31.2. The lowest BCUT2D eigenvalue weighted by molar-refractivity contribution is -0.161. The topological polar surface area (TPSA) is 237 Å². The summed E-state index contributed by atoms with van der Waals surface area (Å²) >= 11 is 0. The van der Waals surface area contributed by atoms with E-state index in [0.717, 1.165) is 167 Å². The van der Waals surface area contributed by atoms with Crippen LogP contribution in [0.4, 0.5) is 0 Å². The van der Waals surface area contributed by atoms with Crippen molar-refractivity contribution in [1.82, 2.24) is 0 Å². The number of aliphatic hydroxyl groups is 1. The summed E-state index contributed by atoms with van der Waals surface area (Å²) in [4.78, 5) is 72.9. The molecule has 0 saturated carbocycles. The van der Waals surface area contributed by atoms with E-state index in [2.05, 4.69) is 192 Å². The fraction of sp³-hybridized carbons (Fsp3) is 0.576. The van der Waals surface area contributed by atoms with Crippen molar-refractivity contribution in [1.29, 1.82) is 0 Å². The Hall–Kier alpha value is -6.10. The third-order valence-electron chi connectivity index (χ3n) is 15.0. The van der Waals surface area contributed by atoms with Gasteiger partial charge >= 0.3 is 39.5 Å². The van der Waals surface area contributed by atoms with Crippen LogP contribution in [0.1, 0.15) is 259 Å². The smallest absolute Gasteiger partial charge is 0.462 e. The largest absolute Gasteiger partial charge is 0.472 e. The minimum atomic E-state index is -5.02. The molecule has 0 heterocycles. The van der Waals surface area contributed by atoms with E-state index in [0.29, 0.717) is 38.5 Å². The highest BCUT2D eigenvalue weighted by Gasteiger charge is 2.30. The van der Waals surface area contributed by atoms with Gasteiger partial charge in [0.2, 0.25) is 0 Å². The normalized spacial score (nSPS) is 15.0. The van der Waals surface area contributed by atoms with Crippen LogP contribution in [0.3, 0.4) is 0 Å². The predicted octanol–water partition coefficient (Wildman–Crippen LogP) is 22.5. The van der Waals surface area contributed by atoms with E-state index in [1.165, 1.54) is 0 Å². The van der Waals surface area contributed by atoms with E-state index < -0.39 is 97.5 Å². The van der Waals surface area contributed by atoms with E-state index in [4.69, 9.17) is 37.0 Å². The molecule has 0 aliphatic rings. The molecule has 0 aromatic heterocycles. The monoisotopic (exact) mass is 1490 g/mol. The van der Waals surface area contributed by atoms with Crippen LogP contribution in [-0.2, 0) is 65.4 Å². The van der Waals surface area contributed by atoms with Crippen molar-refractivity contribution < 1.29 is 80.2 Å². The van der Waals surface area contributed by atoms with Gasteiger partial charge < -0.3 is 33.8 Å². The lowest BCUT2D eigenvalue weighted by atomic mass is 10.1. The number of allylic oxidation sites excluding steroid dienone is 32. The van der Waals surface area contributed by atoms with Crippen molar-refractivity contribution in [3.63, 3.8) is 0 Å². The zero-order chi connectivity index (χ0) is 76.0. The Kier molecular flexibility index (Phi) is 70.7. The summed E-state index contributed by atoms with van der Waals surface area (Å²) in [7, 11) is -10.0. The van der Waals surface area contributed by atoms with Gasteiger partial charge in [0.25, 0.3) is 0 Å². The van der Waals surface area contributed by atoms with Crippen molar-refractivity contribution in [2.45, 2.75) is 277 Å². The van der Waals surface area contributed by atoms with Gasteiger partial charge in [-0.15, -0.1) is 0 Å². The molecule has 17 nitrogen and oxygen atoms in total. The Morgan fingerprint density at radius 3 is 0.865 bits per heavy atom. The highest BCUT2D eigenvalue weighted by Crippen LogP contribution is 2.45. The van der Waals surface area contributed by atoms with E-state index >= 15 is 0 Å². The van der Waals surface area contributed by atoms with Crippen molar-refractivity contribution in [2.75, 3.05) is 39.6 Å². The van der Waals surface area contributed by atoms with Gasteiger partial charge in [-0.3, -0.25) is 37.3 Å². The number of hydrogen-bond acceptors (Lipinski definition) is 15. The van der Waals surface area contributed by atoms with Crippen LogP contribution in [0.25, 0.3) is 0 Å². The van der Waals surface area contributed by atoms with Gasteiger partial charge in [0, 0.05) is 25.7 Å². The summed E-state index contributed by atoms with van der Waals surface area (Å²) in [6, 6.07) is 0. The summed E-state index contributed by atoms with van der Waals surface area (Å²) in [5.74, 6) is -2.40. The average Bonchev–Trinajstić information content (AvgIpc) is 0.911. The first-order chi connectivity index (χ1) is 50.7. The minimum absolute atomic E-state index is 0.00810. The van der Waals surface area contributed by atoms with Crippen molar-refractivity contribution >= 4 is 39.5 Å². The molecule has 0 rings (SSSR count). The molecule has 0 saturated heterocycles. The second kappa shape index (κ2) is 75.1. The molecular weight excluding hydrogens is 1350 g/mol. The predicted molar refractivity (Wildman–Crippen MR) is 426 cm³/mol. The number of phosphoric ester groups is 2. The molecule has 0 radical (unpaired) electrons. The number of hydrogen-bond donors (Lipinski definition) is 3. The number of phosphoric acid groups is 2. The van der Waals surface area contributed by atoms with Crippen LogP contribution in [0.15, 0.2) is 194 Å². The second-order valence-corrected chi connectivity index (χ2v) is 27.7. The maximum Gasteiger partial charge on any atom is 0.472 e. The van der Waals surface area contributed by atoms with Gasteiger partial charge in [0.05, 0.1) is 26.4 Å². The molecule has 0 aromatic carbocycles. The fourth-order valence-electron chi connectivity index (χ4n) is 9.27. The molecule has 0 amide bonds. The number of carbonyl (C=O) groups is 4. The van der Waals surface area contributed by atoms with Crippen molar-refractivity contribution in [3.05, 3.63) is 194 Å². The number of rotatable bonds is 70. The van der Waals surface area contributed by atoms with E-state index in [1.807, 2.05) is 30.4 Å². The molecule has 104 heavy (non-hydrogen) atoms. The fourth-order valence-corrected chi connectivity index (χ4v) is 10.9. The molecule has 0 aliphatic carbocycles. The Labute approximate surface area is 627 Å². The van der Waals surface area contributed by atoms with Crippen LogP contribution in [0.2, 0.25) is 0 Å².